The average molecular weight is 245 g/mol. The third kappa shape index (κ3) is 4.89. The molecule has 0 atom stereocenters. The Morgan fingerprint density at radius 1 is 1.18 bits per heavy atom. The molecule has 0 saturated heterocycles. The van der Waals surface area contributed by atoms with Crippen LogP contribution in [0.4, 0.5) is 14.5 Å². The third-order valence-electron chi connectivity index (χ3n) is 1.93. The Bertz CT molecular complexity index is 356. The van der Waals surface area contributed by atoms with Gasteiger partial charge in [-0.3, -0.25) is 0 Å². The fourth-order valence-corrected chi connectivity index (χ4v) is 1.15. The molecule has 1 aromatic rings. The van der Waals surface area contributed by atoms with Gasteiger partial charge in [0, 0.05) is 6.07 Å². The van der Waals surface area contributed by atoms with Gasteiger partial charge in [-0.2, -0.15) is 0 Å². The first-order chi connectivity index (χ1) is 7.99. The molecule has 2 N–H and O–H groups in total. The molecule has 0 spiro atoms. The van der Waals surface area contributed by atoms with E-state index in [0.29, 0.717) is 24.0 Å². The minimum absolute atomic E-state index is 0.228. The molecule has 0 saturated carbocycles. The van der Waals surface area contributed by atoms with E-state index in [1.54, 1.807) is 12.1 Å². The summed E-state index contributed by atoms with van der Waals surface area (Å²) in [6.07, 6.45) is -2.52. The van der Waals surface area contributed by atoms with Crippen molar-refractivity contribution in [1.29, 1.82) is 0 Å². The van der Waals surface area contributed by atoms with Crippen LogP contribution in [0.25, 0.3) is 0 Å². The maximum atomic E-state index is 12.0. The average Bonchev–Trinajstić information content (AvgIpc) is 2.26. The van der Waals surface area contributed by atoms with Crippen LogP contribution in [0.1, 0.15) is 13.8 Å². The molecule has 0 aliphatic rings. The Labute approximate surface area is 99.5 Å². The summed E-state index contributed by atoms with van der Waals surface area (Å²) in [7, 11) is 0. The summed E-state index contributed by atoms with van der Waals surface area (Å²) in [6.45, 7) is 3.92. The van der Waals surface area contributed by atoms with Crippen molar-refractivity contribution in [3.8, 4) is 11.5 Å². The molecule has 1 rings (SSSR count). The summed E-state index contributed by atoms with van der Waals surface area (Å²) < 4.78 is 34.4. The molecule has 0 heterocycles. The van der Waals surface area contributed by atoms with Gasteiger partial charge in [-0.25, -0.2) is 8.78 Å². The van der Waals surface area contributed by atoms with E-state index in [9.17, 15) is 8.78 Å². The van der Waals surface area contributed by atoms with Crippen LogP contribution in [-0.4, -0.2) is 19.6 Å². The highest BCUT2D eigenvalue weighted by atomic mass is 19.3. The van der Waals surface area contributed by atoms with Gasteiger partial charge in [0.2, 0.25) is 0 Å². The number of rotatable bonds is 6. The van der Waals surface area contributed by atoms with E-state index in [0.717, 1.165) is 0 Å². The molecule has 17 heavy (non-hydrogen) atoms. The quantitative estimate of drug-likeness (QED) is 0.784. The summed E-state index contributed by atoms with van der Waals surface area (Å²) in [4.78, 5) is 0. The first-order valence-electron chi connectivity index (χ1n) is 5.42. The number of anilines is 1. The van der Waals surface area contributed by atoms with Gasteiger partial charge in [-0.15, -0.1) is 0 Å². The van der Waals surface area contributed by atoms with E-state index < -0.39 is 13.0 Å². The first-order valence-corrected chi connectivity index (χ1v) is 5.42. The fraction of sp³-hybridized carbons (Fsp3) is 0.500. The standard InChI is InChI=1S/C12H17F2NO2/c1-8(2)6-16-9-3-4-10(15)11(5-9)17-7-12(13)14/h3-5,8,12H,6-7,15H2,1-2H3. The molecule has 0 amide bonds. The van der Waals surface area contributed by atoms with Crippen molar-refractivity contribution in [3.05, 3.63) is 18.2 Å². The van der Waals surface area contributed by atoms with Crippen molar-refractivity contribution in [1.82, 2.24) is 0 Å². The second-order valence-corrected chi connectivity index (χ2v) is 4.11. The lowest BCUT2D eigenvalue weighted by Gasteiger charge is -2.12. The fourth-order valence-electron chi connectivity index (χ4n) is 1.15. The molecule has 0 aliphatic carbocycles. The van der Waals surface area contributed by atoms with Gasteiger partial charge in [0.1, 0.15) is 18.1 Å². The van der Waals surface area contributed by atoms with Crippen molar-refractivity contribution in [2.75, 3.05) is 18.9 Å². The number of hydrogen-bond acceptors (Lipinski definition) is 3. The van der Waals surface area contributed by atoms with Crippen LogP contribution in [0.2, 0.25) is 0 Å². The molecule has 0 bridgehead atoms. The highest BCUT2D eigenvalue weighted by Crippen LogP contribution is 2.27. The third-order valence-corrected chi connectivity index (χ3v) is 1.93. The van der Waals surface area contributed by atoms with Gasteiger partial charge < -0.3 is 15.2 Å². The van der Waals surface area contributed by atoms with Gasteiger partial charge in [-0.05, 0) is 18.1 Å². The molecule has 0 aromatic heterocycles. The lowest BCUT2D eigenvalue weighted by molar-refractivity contribution is 0.0821. The number of benzene rings is 1. The van der Waals surface area contributed by atoms with Crippen LogP contribution in [0.15, 0.2) is 18.2 Å². The summed E-state index contributed by atoms with van der Waals surface area (Å²) >= 11 is 0. The zero-order valence-electron chi connectivity index (χ0n) is 9.95. The summed E-state index contributed by atoms with van der Waals surface area (Å²) in [5.74, 6) is 1.18. The molecular formula is C12H17F2NO2. The number of ether oxygens (including phenoxy) is 2. The molecular weight excluding hydrogens is 228 g/mol. The van der Waals surface area contributed by atoms with E-state index in [1.165, 1.54) is 6.07 Å². The van der Waals surface area contributed by atoms with Crippen molar-refractivity contribution in [2.24, 2.45) is 5.92 Å². The van der Waals surface area contributed by atoms with Crippen molar-refractivity contribution >= 4 is 5.69 Å². The summed E-state index contributed by atoms with van der Waals surface area (Å²) in [5, 5.41) is 0. The summed E-state index contributed by atoms with van der Waals surface area (Å²) in [6, 6.07) is 4.80. The second-order valence-electron chi connectivity index (χ2n) is 4.11. The Balaban J connectivity index is 2.65. The van der Waals surface area contributed by atoms with Crippen molar-refractivity contribution in [2.45, 2.75) is 20.3 Å². The minimum Gasteiger partial charge on any atom is -0.493 e. The lowest BCUT2D eigenvalue weighted by atomic mass is 10.2. The topological polar surface area (TPSA) is 44.5 Å². The SMILES string of the molecule is CC(C)COc1ccc(N)c(OCC(F)F)c1. The predicted octanol–water partition coefficient (Wildman–Crippen LogP) is 2.95. The van der Waals surface area contributed by atoms with Gasteiger partial charge in [0.05, 0.1) is 12.3 Å². The molecule has 0 aliphatic heterocycles. The molecule has 0 fully saturated rings. The van der Waals surface area contributed by atoms with Crippen molar-refractivity contribution < 1.29 is 18.3 Å². The van der Waals surface area contributed by atoms with E-state index in [2.05, 4.69) is 0 Å². The van der Waals surface area contributed by atoms with Crippen LogP contribution >= 0.6 is 0 Å². The molecule has 0 radical (unpaired) electrons. The molecule has 1 aromatic carbocycles. The Morgan fingerprint density at radius 2 is 1.88 bits per heavy atom. The predicted molar refractivity (Wildman–Crippen MR) is 62.7 cm³/mol. The highest BCUT2D eigenvalue weighted by Gasteiger charge is 2.08. The number of nitrogen functional groups attached to an aromatic ring is 1. The molecule has 0 unspecified atom stereocenters. The largest absolute Gasteiger partial charge is 0.493 e. The van der Waals surface area contributed by atoms with Gasteiger partial charge in [-0.1, -0.05) is 13.8 Å². The monoisotopic (exact) mass is 245 g/mol. The van der Waals surface area contributed by atoms with Crippen LogP contribution in [0, 0.1) is 5.92 Å². The van der Waals surface area contributed by atoms with E-state index in [1.807, 2.05) is 13.8 Å². The second kappa shape index (κ2) is 6.27. The van der Waals surface area contributed by atoms with Crippen LogP contribution < -0.4 is 15.2 Å². The van der Waals surface area contributed by atoms with Gasteiger partial charge in [0.15, 0.2) is 0 Å². The zero-order chi connectivity index (χ0) is 12.8. The molecule has 96 valence electrons. The van der Waals surface area contributed by atoms with Crippen LogP contribution in [0.5, 0.6) is 11.5 Å². The Morgan fingerprint density at radius 3 is 2.47 bits per heavy atom. The minimum atomic E-state index is -2.52. The number of halogens is 2. The van der Waals surface area contributed by atoms with Gasteiger partial charge in [0.25, 0.3) is 6.43 Å². The molecule has 3 nitrogen and oxygen atoms in total. The smallest absolute Gasteiger partial charge is 0.272 e. The summed E-state index contributed by atoms with van der Waals surface area (Å²) in [5.41, 5.74) is 5.93. The van der Waals surface area contributed by atoms with E-state index in [4.69, 9.17) is 15.2 Å². The maximum Gasteiger partial charge on any atom is 0.272 e. The Hall–Kier alpha value is -1.52. The lowest BCUT2D eigenvalue weighted by Crippen LogP contribution is -2.09. The Kier molecular flexibility index (Phi) is 5.00. The number of hydrogen-bond donors (Lipinski definition) is 1. The first kappa shape index (κ1) is 13.5. The van der Waals surface area contributed by atoms with Crippen LogP contribution in [-0.2, 0) is 0 Å². The highest BCUT2D eigenvalue weighted by molar-refractivity contribution is 5.55. The van der Waals surface area contributed by atoms with Crippen LogP contribution in [0.3, 0.4) is 0 Å². The van der Waals surface area contributed by atoms with Gasteiger partial charge >= 0.3 is 0 Å². The zero-order valence-corrected chi connectivity index (χ0v) is 9.95. The number of nitrogens with two attached hydrogens (primary N) is 1. The van der Waals surface area contributed by atoms with E-state index in [-0.39, 0.29) is 5.75 Å². The van der Waals surface area contributed by atoms with Crippen molar-refractivity contribution in [3.63, 3.8) is 0 Å². The number of alkyl halides is 2. The van der Waals surface area contributed by atoms with E-state index >= 15 is 0 Å². The molecule has 5 heteroatoms. The maximum absolute atomic E-state index is 12.0. The normalized spacial score (nSPS) is 10.9.